The van der Waals surface area contributed by atoms with Gasteiger partial charge in [0.25, 0.3) is 0 Å². The van der Waals surface area contributed by atoms with Gasteiger partial charge in [0.05, 0.1) is 31.6 Å². The minimum absolute atomic E-state index is 0.0642. The maximum Gasteiger partial charge on any atom is 0.441 e. The lowest BCUT2D eigenvalue weighted by atomic mass is 10.0. The summed E-state index contributed by atoms with van der Waals surface area (Å²) in [7, 11) is 0. The molecular formula is C30H30Cl4F12OS4. The summed E-state index contributed by atoms with van der Waals surface area (Å²) in [6.07, 6.45) is -5.90. The number of hydrogen-bond donors (Lipinski definition) is 0. The molecule has 0 bridgehead atoms. The average molecular weight is 905 g/mol. The van der Waals surface area contributed by atoms with Gasteiger partial charge in [0.1, 0.15) is 11.5 Å². The van der Waals surface area contributed by atoms with Crippen molar-refractivity contribution in [2.75, 3.05) is 23.0 Å². The highest BCUT2D eigenvalue weighted by Gasteiger charge is 2.31. The molecule has 0 unspecified atom stereocenters. The van der Waals surface area contributed by atoms with E-state index in [-0.39, 0.29) is 113 Å². The quantitative estimate of drug-likeness (QED) is 0.0741. The summed E-state index contributed by atoms with van der Waals surface area (Å²) in [5.74, 6) is -3.34. The van der Waals surface area contributed by atoms with Crippen molar-refractivity contribution in [2.24, 2.45) is 0 Å². The van der Waals surface area contributed by atoms with E-state index in [1.54, 1.807) is 0 Å². The number of benzene rings is 2. The number of rotatable bonds is 20. The first kappa shape index (κ1) is 47.1. The molecule has 0 saturated heterocycles. The van der Waals surface area contributed by atoms with Crippen LogP contribution in [0.4, 0.5) is 52.7 Å². The molecule has 1 nitrogen and oxygen atoms in total. The molecule has 0 aliphatic rings. The number of hydrogen-bond acceptors (Lipinski definition) is 5. The summed E-state index contributed by atoms with van der Waals surface area (Å²) < 4.78 is 159. The number of unbranched alkanes of at least 4 members (excludes halogenated alkanes) is 6. The lowest BCUT2D eigenvalue weighted by molar-refractivity contribution is -0.106. The average Bonchev–Trinajstić information content (AvgIpc) is 2.98. The molecule has 0 N–H and O–H groups in total. The minimum atomic E-state index is -4.58. The van der Waals surface area contributed by atoms with Gasteiger partial charge in [-0.3, -0.25) is 0 Å². The summed E-state index contributed by atoms with van der Waals surface area (Å²) in [6.45, 7) is 0. The second-order valence-electron chi connectivity index (χ2n) is 10.8. The van der Waals surface area contributed by atoms with Gasteiger partial charge >= 0.3 is 23.4 Å². The van der Waals surface area contributed by atoms with E-state index in [0.29, 0.717) is 62.0 Å². The minimum Gasteiger partial charge on any atom is -0.454 e. The van der Waals surface area contributed by atoms with E-state index in [9.17, 15) is 52.7 Å². The lowest BCUT2D eigenvalue weighted by Gasteiger charge is -2.20. The fraction of sp³-hybridized carbons (Fsp3) is 0.600. The number of halogens is 16. The molecule has 0 aliphatic carbocycles. The Morgan fingerprint density at radius 3 is 1.12 bits per heavy atom. The number of thioether (sulfide) groups is 4. The SMILES string of the molecule is FC(F)(F)CSc1cc(Oc2cc(SCC(F)(F)F)c(Cl)c(CCCCCCSC(F)(F)F)c2Cl)c(Cl)c(CCCCCCSC(F)(F)F)c1Cl. The Balaban J connectivity index is 2.38. The van der Waals surface area contributed by atoms with Crippen molar-refractivity contribution < 1.29 is 57.4 Å². The molecule has 0 aliphatic heterocycles. The van der Waals surface area contributed by atoms with Gasteiger partial charge < -0.3 is 4.74 Å². The molecular weight excluding hydrogens is 874 g/mol. The lowest BCUT2D eigenvalue weighted by Crippen LogP contribution is -2.11. The smallest absolute Gasteiger partial charge is 0.441 e. The summed E-state index contributed by atoms with van der Waals surface area (Å²) in [4.78, 5) is -0.128. The van der Waals surface area contributed by atoms with Crippen LogP contribution in [0.1, 0.15) is 62.5 Å². The molecule has 0 amide bonds. The van der Waals surface area contributed by atoms with Gasteiger partial charge in [-0.2, -0.15) is 52.7 Å². The molecule has 0 aromatic heterocycles. The highest BCUT2D eigenvalue weighted by atomic mass is 35.5. The first-order chi connectivity index (χ1) is 23.5. The maximum atomic E-state index is 13.1. The summed E-state index contributed by atoms with van der Waals surface area (Å²) in [5.41, 5.74) is -8.30. The summed E-state index contributed by atoms with van der Waals surface area (Å²) >= 11 is 26.6. The molecule has 292 valence electrons. The Bertz CT molecular complexity index is 1300. The van der Waals surface area contributed by atoms with Crippen LogP contribution in [0.5, 0.6) is 11.5 Å². The molecule has 0 atom stereocenters. The van der Waals surface area contributed by atoms with Gasteiger partial charge in [-0.25, -0.2) is 0 Å². The molecule has 2 aromatic carbocycles. The molecule has 2 rings (SSSR count). The van der Waals surface area contributed by atoms with Crippen LogP contribution in [0.3, 0.4) is 0 Å². The zero-order chi connectivity index (χ0) is 38.6. The monoisotopic (exact) mass is 902 g/mol. The van der Waals surface area contributed by atoms with Crippen molar-refractivity contribution in [3.8, 4) is 11.5 Å². The van der Waals surface area contributed by atoms with Crippen LogP contribution in [-0.2, 0) is 12.8 Å². The van der Waals surface area contributed by atoms with Crippen LogP contribution >= 0.6 is 93.5 Å². The van der Waals surface area contributed by atoms with Crippen LogP contribution in [0.15, 0.2) is 21.9 Å². The van der Waals surface area contributed by atoms with Gasteiger partial charge in [-0.05, 0) is 61.8 Å². The van der Waals surface area contributed by atoms with Crippen LogP contribution < -0.4 is 4.74 Å². The first-order valence-corrected chi connectivity index (χ1v) is 20.4. The van der Waals surface area contributed by atoms with Crippen molar-refractivity contribution in [1.29, 1.82) is 0 Å². The molecule has 0 radical (unpaired) electrons. The zero-order valence-corrected chi connectivity index (χ0v) is 32.4. The third-order valence-corrected chi connectivity index (χ3v) is 12.4. The van der Waals surface area contributed by atoms with Crippen LogP contribution in [0.2, 0.25) is 20.1 Å². The van der Waals surface area contributed by atoms with E-state index >= 15 is 0 Å². The Labute approximate surface area is 324 Å². The maximum absolute atomic E-state index is 13.1. The van der Waals surface area contributed by atoms with Gasteiger partial charge in [-0.15, -0.1) is 23.5 Å². The fourth-order valence-corrected chi connectivity index (χ4v) is 8.56. The molecule has 0 spiro atoms. The van der Waals surface area contributed by atoms with Gasteiger partial charge in [0, 0.05) is 21.3 Å². The largest absolute Gasteiger partial charge is 0.454 e. The van der Waals surface area contributed by atoms with Gasteiger partial charge in [-0.1, -0.05) is 95.6 Å². The van der Waals surface area contributed by atoms with Crippen molar-refractivity contribution in [1.82, 2.24) is 0 Å². The van der Waals surface area contributed by atoms with Crippen molar-refractivity contribution >= 4 is 93.5 Å². The highest BCUT2D eigenvalue weighted by molar-refractivity contribution is 8.00. The number of alkyl halides is 12. The summed E-state index contributed by atoms with van der Waals surface area (Å²) in [5, 5.41) is -0.408. The van der Waals surface area contributed by atoms with E-state index < -0.39 is 34.9 Å². The molecule has 51 heavy (non-hydrogen) atoms. The molecule has 0 heterocycles. The Morgan fingerprint density at radius 1 is 0.471 bits per heavy atom. The highest BCUT2D eigenvalue weighted by Crippen LogP contribution is 2.48. The van der Waals surface area contributed by atoms with Crippen LogP contribution in [0.25, 0.3) is 0 Å². The molecule has 0 fully saturated rings. The third-order valence-electron chi connectivity index (χ3n) is 6.63. The molecule has 2 aromatic rings. The Morgan fingerprint density at radius 2 is 0.804 bits per heavy atom. The van der Waals surface area contributed by atoms with E-state index in [0.717, 1.165) is 12.1 Å². The number of ether oxygens (including phenoxy) is 1. The van der Waals surface area contributed by atoms with E-state index in [1.165, 1.54) is 0 Å². The van der Waals surface area contributed by atoms with Crippen molar-refractivity contribution in [2.45, 2.75) is 97.4 Å². The van der Waals surface area contributed by atoms with Gasteiger partial charge in [0.2, 0.25) is 0 Å². The predicted molar refractivity (Wildman–Crippen MR) is 188 cm³/mol. The Kier molecular flexibility index (Phi) is 19.7. The van der Waals surface area contributed by atoms with Crippen LogP contribution in [0, 0.1) is 0 Å². The molecule has 0 saturated carbocycles. The third kappa shape index (κ3) is 18.9. The van der Waals surface area contributed by atoms with E-state index in [2.05, 4.69) is 0 Å². The van der Waals surface area contributed by atoms with Crippen molar-refractivity contribution in [3.05, 3.63) is 43.4 Å². The first-order valence-electron chi connectivity index (χ1n) is 15.0. The van der Waals surface area contributed by atoms with Crippen molar-refractivity contribution in [3.63, 3.8) is 0 Å². The van der Waals surface area contributed by atoms with Crippen LogP contribution in [-0.4, -0.2) is 46.4 Å². The molecule has 21 heteroatoms. The Hall–Kier alpha value is -0.0400. The zero-order valence-electron chi connectivity index (χ0n) is 26.1. The fourth-order valence-electron chi connectivity index (χ4n) is 4.40. The van der Waals surface area contributed by atoms with E-state index in [4.69, 9.17) is 51.1 Å². The normalized spacial score (nSPS) is 12.9. The van der Waals surface area contributed by atoms with E-state index in [1.807, 2.05) is 0 Å². The predicted octanol–water partition coefficient (Wildman–Crippen LogP) is 16.1. The second-order valence-corrected chi connectivity index (χ2v) is 16.7. The van der Waals surface area contributed by atoms with Gasteiger partial charge in [0.15, 0.2) is 0 Å². The second kappa shape index (κ2) is 21.3. The topological polar surface area (TPSA) is 9.23 Å². The standard InChI is InChI=1S/C30H30Cl4F12OS4/c31-23-17(9-5-1-3-7-11-50-29(41,42)43)25(33)21(48-15-27(35,36)37)13-19(23)47-20-14-22(49-16-28(38,39)40)26(34)18(24(20)32)10-6-2-4-8-12-51-30(44,45)46/h13-14H,1-12,15-16H2. The summed E-state index contributed by atoms with van der Waals surface area (Å²) in [6, 6.07) is 2.29.